The molecule has 0 aliphatic carbocycles. The monoisotopic (exact) mass is 676 g/mol. The average molecular weight is 676 g/mol. The van der Waals surface area contributed by atoms with Crippen molar-refractivity contribution in [3.63, 3.8) is 0 Å². The lowest BCUT2D eigenvalue weighted by Crippen LogP contribution is -2.48. The zero-order valence-electron chi connectivity index (χ0n) is 31.9. The minimum Gasteiger partial charge on any atom is -0.394 e. The van der Waals surface area contributed by atoms with Gasteiger partial charge in [0.15, 0.2) is 0 Å². The van der Waals surface area contributed by atoms with Gasteiger partial charge in [-0.1, -0.05) is 198 Å². The fourth-order valence-corrected chi connectivity index (χ4v) is 6.17. The summed E-state index contributed by atoms with van der Waals surface area (Å²) in [6.45, 7) is 4.15. The van der Waals surface area contributed by atoms with Crippen LogP contribution in [-0.4, -0.2) is 46.1 Å². The van der Waals surface area contributed by atoms with Crippen molar-refractivity contribution >= 4 is 5.91 Å². The first kappa shape index (κ1) is 46.6. The van der Waals surface area contributed by atoms with Crippen molar-refractivity contribution in [1.29, 1.82) is 0 Å². The van der Waals surface area contributed by atoms with Gasteiger partial charge in [0.1, 0.15) is 6.10 Å². The quantitative estimate of drug-likeness (QED) is 0.0300. The van der Waals surface area contributed by atoms with Crippen LogP contribution < -0.4 is 5.32 Å². The Morgan fingerprint density at radius 1 is 0.521 bits per heavy atom. The number of hydrogen-bond donors (Lipinski definition) is 4. The van der Waals surface area contributed by atoms with Crippen molar-refractivity contribution in [3.05, 3.63) is 36.5 Å². The van der Waals surface area contributed by atoms with Gasteiger partial charge in [0.05, 0.1) is 18.8 Å². The molecule has 4 N–H and O–H groups in total. The number of rotatable bonds is 37. The molecule has 0 aromatic heterocycles. The number of aliphatic hydroxyl groups is 3. The van der Waals surface area contributed by atoms with E-state index in [1.54, 1.807) is 6.08 Å². The van der Waals surface area contributed by atoms with Crippen molar-refractivity contribution < 1.29 is 20.1 Å². The summed E-state index contributed by atoms with van der Waals surface area (Å²) in [4.78, 5) is 12.4. The fourth-order valence-electron chi connectivity index (χ4n) is 6.17. The zero-order chi connectivity index (χ0) is 35.2. The van der Waals surface area contributed by atoms with Gasteiger partial charge in [-0.05, 0) is 44.9 Å². The first-order valence-corrected chi connectivity index (χ1v) is 20.8. The Labute approximate surface area is 298 Å². The Hall–Kier alpha value is -1.43. The molecule has 282 valence electrons. The van der Waals surface area contributed by atoms with Gasteiger partial charge < -0.3 is 20.6 Å². The predicted molar refractivity (Wildman–Crippen MR) is 208 cm³/mol. The molecule has 0 aromatic rings. The van der Waals surface area contributed by atoms with Crippen LogP contribution in [0.25, 0.3) is 0 Å². The normalized spacial score (nSPS) is 14.0. The van der Waals surface area contributed by atoms with E-state index < -0.39 is 24.2 Å². The van der Waals surface area contributed by atoms with E-state index in [2.05, 4.69) is 43.5 Å². The zero-order valence-corrected chi connectivity index (χ0v) is 31.9. The van der Waals surface area contributed by atoms with E-state index in [1.807, 2.05) is 6.08 Å². The Kier molecular flexibility index (Phi) is 37.2. The molecule has 1 amide bonds. The summed E-state index contributed by atoms with van der Waals surface area (Å²) in [6.07, 6.45) is 47.3. The maximum atomic E-state index is 12.4. The number of allylic oxidation sites excluding steroid dienone is 5. The summed E-state index contributed by atoms with van der Waals surface area (Å²) in [5, 5.41) is 33.1. The van der Waals surface area contributed by atoms with E-state index in [-0.39, 0.29) is 6.61 Å². The molecule has 0 bridgehead atoms. The van der Waals surface area contributed by atoms with Crippen molar-refractivity contribution in [1.82, 2.24) is 5.32 Å². The Bertz CT molecular complexity index is 749. The van der Waals surface area contributed by atoms with Gasteiger partial charge in [0, 0.05) is 0 Å². The predicted octanol–water partition coefficient (Wildman–Crippen LogP) is 11.6. The van der Waals surface area contributed by atoms with E-state index in [4.69, 9.17) is 0 Å². The summed E-state index contributed by atoms with van der Waals surface area (Å²) in [6, 6.07) is -0.798. The third-order valence-corrected chi connectivity index (χ3v) is 9.50. The number of hydrogen-bond acceptors (Lipinski definition) is 4. The van der Waals surface area contributed by atoms with Crippen molar-refractivity contribution in [2.45, 2.75) is 225 Å². The Morgan fingerprint density at radius 2 is 0.875 bits per heavy atom. The molecule has 5 heteroatoms. The number of aliphatic hydroxyl groups excluding tert-OH is 3. The lowest BCUT2D eigenvalue weighted by atomic mass is 10.0. The molecule has 0 heterocycles. The largest absolute Gasteiger partial charge is 0.394 e. The molecular formula is C43H81NO4. The molecule has 0 spiro atoms. The summed E-state index contributed by atoms with van der Waals surface area (Å²) in [5.41, 5.74) is 0. The third kappa shape index (κ3) is 33.1. The molecule has 0 rings (SSSR count). The van der Waals surface area contributed by atoms with Crippen molar-refractivity contribution in [3.8, 4) is 0 Å². The van der Waals surface area contributed by atoms with Crippen LogP contribution in [0.4, 0.5) is 0 Å². The highest BCUT2D eigenvalue weighted by Crippen LogP contribution is 2.15. The summed E-state index contributed by atoms with van der Waals surface area (Å²) < 4.78 is 0. The highest BCUT2D eigenvalue weighted by molar-refractivity contribution is 5.80. The maximum absolute atomic E-state index is 12.4. The SMILES string of the molecule is CCCCC/C=C\C=C/CCCCCCCCCCCC(O)C(=O)NC(CO)C(O)/C=C/CCCCCCCCCCCCCCCC. The second kappa shape index (κ2) is 38.4. The van der Waals surface area contributed by atoms with Crippen LogP contribution in [-0.2, 0) is 4.79 Å². The second-order valence-electron chi connectivity index (χ2n) is 14.2. The van der Waals surface area contributed by atoms with Crippen LogP contribution in [0.2, 0.25) is 0 Å². The van der Waals surface area contributed by atoms with E-state index >= 15 is 0 Å². The number of nitrogens with one attached hydrogen (secondary N) is 1. The molecule has 0 aliphatic heterocycles. The Morgan fingerprint density at radius 3 is 1.31 bits per heavy atom. The molecule has 0 radical (unpaired) electrons. The van der Waals surface area contributed by atoms with Crippen molar-refractivity contribution in [2.75, 3.05) is 6.61 Å². The number of amides is 1. The van der Waals surface area contributed by atoms with Gasteiger partial charge in [-0.2, -0.15) is 0 Å². The van der Waals surface area contributed by atoms with E-state index in [1.165, 1.54) is 154 Å². The molecule has 48 heavy (non-hydrogen) atoms. The highest BCUT2D eigenvalue weighted by Gasteiger charge is 2.22. The van der Waals surface area contributed by atoms with Gasteiger partial charge in [-0.15, -0.1) is 0 Å². The van der Waals surface area contributed by atoms with Gasteiger partial charge >= 0.3 is 0 Å². The number of carbonyl (C=O) groups is 1. The first-order chi connectivity index (χ1) is 23.6. The van der Waals surface area contributed by atoms with Crippen LogP contribution >= 0.6 is 0 Å². The molecule has 3 atom stereocenters. The summed E-state index contributed by atoms with van der Waals surface area (Å²) in [5.74, 6) is -0.508. The number of carbonyl (C=O) groups excluding carboxylic acids is 1. The molecule has 3 unspecified atom stereocenters. The number of unbranched alkanes of at least 4 members (excludes halogenated alkanes) is 26. The summed E-state index contributed by atoms with van der Waals surface area (Å²) >= 11 is 0. The van der Waals surface area contributed by atoms with Crippen LogP contribution in [0.15, 0.2) is 36.5 Å². The highest BCUT2D eigenvalue weighted by atomic mass is 16.3. The molecule has 0 saturated carbocycles. The molecular weight excluding hydrogens is 594 g/mol. The summed E-state index contributed by atoms with van der Waals surface area (Å²) in [7, 11) is 0. The van der Waals surface area contributed by atoms with E-state index in [0.717, 1.165) is 32.1 Å². The van der Waals surface area contributed by atoms with Gasteiger partial charge in [-0.3, -0.25) is 4.79 Å². The standard InChI is InChI=1S/C43H81NO4/c1-3-5-7-9-11-13-15-17-19-21-22-24-26-28-30-32-34-36-38-42(47)43(48)44-40(39-45)41(46)37-35-33-31-29-27-25-23-20-18-16-14-12-10-8-6-4-2/h11,13,15,17,35,37,40-42,45-47H,3-10,12,14,16,18-34,36,38-39H2,1-2H3,(H,44,48)/b13-11-,17-15-,37-35+. The smallest absolute Gasteiger partial charge is 0.249 e. The molecule has 5 nitrogen and oxygen atoms in total. The first-order valence-electron chi connectivity index (χ1n) is 20.8. The van der Waals surface area contributed by atoms with E-state index in [0.29, 0.717) is 6.42 Å². The minimum atomic E-state index is -1.10. The average Bonchev–Trinajstić information content (AvgIpc) is 3.09. The minimum absolute atomic E-state index is 0.365. The lowest BCUT2D eigenvalue weighted by Gasteiger charge is -2.21. The maximum Gasteiger partial charge on any atom is 0.249 e. The lowest BCUT2D eigenvalue weighted by molar-refractivity contribution is -0.131. The van der Waals surface area contributed by atoms with E-state index in [9.17, 15) is 20.1 Å². The molecule has 0 saturated heterocycles. The van der Waals surface area contributed by atoms with Gasteiger partial charge in [-0.25, -0.2) is 0 Å². The molecule has 0 aromatic carbocycles. The van der Waals surface area contributed by atoms with Crippen LogP contribution in [0.5, 0.6) is 0 Å². The molecule has 0 aliphatic rings. The van der Waals surface area contributed by atoms with Crippen LogP contribution in [0.1, 0.15) is 206 Å². The fraction of sp³-hybridized carbons (Fsp3) is 0.837. The molecule has 0 fully saturated rings. The van der Waals surface area contributed by atoms with Crippen LogP contribution in [0, 0.1) is 0 Å². The Balaban J connectivity index is 3.71. The third-order valence-electron chi connectivity index (χ3n) is 9.50. The van der Waals surface area contributed by atoms with Gasteiger partial charge in [0.2, 0.25) is 5.91 Å². The van der Waals surface area contributed by atoms with Crippen molar-refractivity contribution in [2.24, 2.45) is 0 Å². The van der Waals surface area contributed by atoms with Crippen LogP contribution in [0.3, 0.4) is 0 Å². The topological polar surface area (TPSA) is 89.8 Å². The van der Waals surface area contributed by atoms with Gasteiger partial charge in [0.25, 0.3) is 0 Å². The second-order valence-corrected chi connectivity index (χ2v) is 14.2.